The highest BCUT2D eigenvalue weighted by Gasteiger charge is 2.19. The number of carbonyl (C=O) groups excluding carboxylic acids is 1. The van der Waals surface area contributed by atoms with Gasteiger partial charge in [0.1, 0.15) is 17.2 Å². The highest BCUT2D eigenvalue weighted by atomic mass is 35.5. The first-order valence-electron chi connectivity index (χ1n) is 11.0. The molecule has 2 aromatic heterocycles. The minimum Gasteiger partial charge on any atom is -0.456 e. The first-order chi connectivity index (χ1) is 17.0. The Kier molecular flexibility index (Phi) is 6.28. The molecule has 1 amide bonds. The van der Waals surface area contributed by atoms with Crippen LogP contribution in [-0.2, 0) is 0 Å². The Morgan fingerprint density at radius 3 is 2.40 bits per heavy atom. The molecule has 0 aliphatic rings. The van der Waals surface area contributed by atoms with Gasteiger partial charge in [-0.15, -0.1) is 0 Å². The maximum absolute atomic E-state index is 13.4. The predicted octanol–water partition coefficient (Wildman–Crippen LogP) is 6.94. The highest BCUT2D eigenvalue weighted by Crippen LogP contribution is 2.29. The van der Waals surface area contributed by atoms with E-state index in [0.717, 1.165) is 16.8 Å². The average Bonchev–Trinajstić information content (AvgIpc) is 3.31. The fourth-order valence-corrected chi connectivity index (χ4v) is 3.89. The van der Waals surface area contributed by atoms with Crippen LogP contribution in [0, 0.1) is 6.92 Å². The summed E-state index contributed by atoms with van der Waals surface area (Å²) in [5.41, 5.74) is 4.31. The van der Waals surface area contributed by atoms with Gasteiger partial charge in [-0.3, -0.25) is 9.78 Å². The molecule has 0 atom stereocenters. The summed E-state index contributed by atoms with van der Waals surface area (Å²) in [4.78, 5) is 17.5. The smallest absolute Gasteiger partial charge is 0.259 e. The lowest BCUT2D eigenvalue weighted by molar-refractivity contribution is 0.102. The Hall–Kier alpha value is -4.42. The summed E-state index contributed by atoms with van der Waals surface area (Å²) in [5, 5.41) is 8.20. The third-order valence-electron chi connectivity index (χ3n) is 5.25. The van der Waals surface area contributed by atoms with Crippen molar-refractivity contribution in [1.29, 1.82) is 0 Å². The topological polar surface area (TPSA) is 69.0 Å². The number of pyridine rings is 1. The number of anilines is 1. The number of aryl methyl sites for hydroxylation is 1. The van der Waals surface area contributed by atoms with Crippen LogP contribution in [0.4, 0.5) is 5.69 Å². The molecule has 0 unspecified atom stereocenters. The van der Waals surface area contributed by atoms with E-state index in [9.17, 15) is 4.79 Å². The fraction of sp³-hybridized carbons (Fsp3) is 0.0357. The van der Waals surface area contributed by atoms with Crippen LogP contribution in [0.15, 0.2) is 104 Å². The van der Waals surface area contributed by atoms with Crippen molar-refractivity contribution < 1.29 is 9.53 Å². The van der Waals surface area contributed by atoms with Crippen molar-refractivity contribution in [3.8, 4) is 28.4 Å². The van der Waals surface area contributed by atoms with Gasteiger partial charge in [0.05, 0.1) is 22.5 Å². The Balaban J connectivity index is 1.47. The van der Waals surface area contributed by atoms with Crippen LogP contribution in [0.5, 0.6) is 11.5 Å². The number of rotatable bonds is 6. The van der Waals surface area contributed by atoms with E-state index >= 15 is 0 Å². The first-order valence-corrected chi connectivity index (χ1v) is 11.3. The van der Waals surface area contributed by atoms with Gasteiger partial charge in [0.25, 0.3) is 5.91 Å². The van der Waals surface area contributed by atoms with Crippen LogP contribution in [0.1, 0.15) is 15.9 Å². The maximum Gasteiger partial charge on any atom is 0.259 e. The van der Waals surface area contributed by atoms with Gasteiger partial charge in [-0.05, 0) is 36.8 Å². The van der Waals surface area contributed by atoms with Gasteiger partial charge in [-0.2, -0.15) is 5.10 Å². The quantitative estimate of drug-likeness (QED) is 0.286. The number of amides is 1. The van der Waals surface area contributed by atoms with Crippen LogP contribution in [0.25, 0.3) is 16.9 Å². The summed E-state index contributed by atoms with van der Waals surface area (Å²) in [7, 11) is 0. The Labute approximate surface area is 207 Å². The zero-order chi connectivity index (χ0) is 24.2. The number of nitrogens with one attached hydrogen (secondary N) is 1. The van der Waals surface area contributed by atoms with E-state index in [1.54, 1.807) is 29.2 Å². The summed E-state index contributed by atoms with van der Waals surface area (Å²) >= 11 is 6.01. The maximum atomic E-state index is 13.4. The molecule has 0 bridgehead atoms. The summed E-state index contributed by atoms with van der Waals surface area (Å²) < 4.78 is 7.62. The second-order valence-electron chi connectivity index (χ2n) is 7.97. The second-order valence-corrected chi connectivity index (χ2v) is 8.40. The molecule has 5 rings (SSSR count). The third kappa shape index (κ3) is 5.23. The Morgan fingerprint density at radius 2 is 1.66 bits per heavy atom. The van der Waals surface area contributed by atoms with E-state index in [0.29, 0.717) is 33.5 Å². The predicted molar refractivity (Wildman–Crippen MR) is 137 cm³/mol. The number of benzene rings is 3. The van der Waals surface area contributed by atoms with Crippen molar-refractivity contribution in [2.45, 2.75) is 6.92 Å². The highest BCUT2D eigenvalue weighted by molar-refractivity contribution is 6.30. The van der Waals surface area contributed by atoms with Crippen molar-refractivity contribution >= 4 is 23.2 Å². The molecule has 0 aliphatic carbocycles. The number of hydrogen-bond donors (Lipinski definition) is 1. The van der Waals surface area contributed by atoms with Gasteiger partial charge < -0.3 is 10.1 Å². The lowest BCUT2D eigenvalue weighted by Gasteiger charge is -2.11. The first kappa shape index (κ1) is 22.4. The number of aromatic nitrogens is 3. The number of para-hydroxylation sites is 1. The van der Waals surface area contributed by atoms with E-state index in [-0.39, 0.29) is 5.91 Å². The summed E-state index contributed by atoms with van der Waals surface area (Å²) in [6.45, 7) is 1.93. The average molecular weight is 481 g/mol. The van der Waals surface area contributed by atoms with Crippen LogP contribution in [-0.4, -0.2) is 20.7 Å². The molecule has 2 heterocycles. The largest absolute Gasteiger partial charge is 0.456 e. The lowest BCUT2D eigenvalue weighted by atomic mass is 10.1. The van der Waals surface area contributed by atoms with Gasteiger partial charge in [0.15, 0.2) is 0 Å². The van der Waals surface area contributed by atoms with Gasteiger partial charge in [0.2, 0.25) is 0 Å². The van der Waals surface area contributed by atoms with Crippen LogP contribution < -0.4 is 10.1 Å². The van der Waals surface area contributed by atoms with Crippen molar-refractivity contribution in [2.24, 2.45) is 0 Å². The molecule has 0 fully saturated rings. The zero-order valence-electron chi connectivity index (χ0n) is 18.9. The van der Waals surface area contributed by atoms with E-state index < -0.39 is 0 Å². The third-order valence-corrected chi connectivity index (χ3v) is 5.46. The number of hydrogen-bond acceptors (Lipinski definition) is 4. The molecule has 0 aliphatic heterocycles. The summed E-state index contributed by atoms with van der Waals surface area (Å²) in [6.07, 6.45) is 4.87. The number of nitrogens with zero attached hydrogens (tertiary/aromatic N) is 3. The van der Waals surface area contributed by atoms with Gasteiger partial charge in [-0.25, -0.2) is 4.68 Å². The van der Waals surface area contributed by atoms with Gasteiger partial charge >= 0.3 is 0 Å². The Morgan fingerprint density at radius 1 is 0.914 bits per heavy atom. The molecule has 7 heteroatoms. The normalized spacial score (nSPS) is 10.7. The second kappa shape index (κ2) is 9.83. The number of ether oxygens (including phenoxy) is 1. The van der Waals surface area contributed by atoms with Crippen molar-refractivity contribution in [3.63, 3.8) is 0 Å². The van der Waals surface area contributed by atoms with Crippen molar-refractivity contribution in [1.82, 2.24) is 14.8 Å². The summed E-state index contributed by atoms with van der Waals surface area (Å²) in [5.74, 6) is 0.801. The van der Waals surface area contributed by atoms with Gasteiger partial charge in [0, 0.05) is 35.8 Å². The van der Waals surface area contributed by atoms with Crippen molar-refractivity contribution in [3.05, 3.63) is 120 Å². The minimum absolute atomic E-state index is 0.271. The Bertz CT molecular complexity index is 1480. The molecule has 1 N–H and O–H groups in total. The molecular weight excluding hydrogens is 460 g/mol. The zero-order valence-corrected chi connectivity index (χ0v) is 19.6. The van der Waals surface area contributed by atoms with Crippen LogP contribution in [0.3, 0.4) is 0 Å². The molecule has 5 aromatic rings. The molecule has 35 heavy (non-hydrogen) atoms. The molecular formula is C28H21ClN4O2. The number of halogens is 1. The van der Waals surface area contributed by atoms with E-state index in [1.807, 2.05) is 79.7 Å². The summed E-state index contributed by atoms with van der Waals surface area (Å²) in [6, 6.07) is 26.5. The molecule has 0 saturated heterocycles. The molecule has 0 spiro atoms. The number of carbonyl (C=O) groups is 1. The van der Waals surface area contributed by atoms with Gasteiger partial charge in [-0.1, -0.05) is 60.1 Å². The molecule has 6 nitrogen and oxygen atoms in total. The minimum atomic E-state index is -0.271. The van der Waals surface area contributed by atoms with E-state index in [4.69, 9.17) is 21.4 Å². The van der Waals surface area contributed by atoms with Crippen LogP contribution in [0.2, 0.25) is 5.02 Å². The molecule has 3 aromatic carbocycles. The van der Waals surface area contributed by atoms with E-state index in [1.165, 1.54) is 6.20 Å². The standard InChI is InChI=1S/C28H21ClN4O2/c1-19-12-22(15-24(13-19)35-25-14-21(29)16-30-17-25)31-28(34)26-18-33(23-10-6-3-7-11-23)32-27(26)20-8-4-2-5-9-20/h2-18H,1H3,(H,31,34). The fourth-order valence-electron chi connectivity index (χ4n) is 3.72. The van der Waals surface area contributed by atoms with Crippen LogP contribution >= 0.6 is 11.6 Å². The lowest BCUT2D eigenvalue weighted by Crippen LogP contribution is -2.12. The molecule has 0 saturated carbocycles. The SMILES string of the molecule is Cc1cc(NC(=O)c2cn(-c3ccccc3)nc2-c2ccccc2)cc(Oc2cncc(Cl)c2)c1. The van der Waals surface area contributed by atoms with E-state index in [2.05, 4.69) is 10.3 Å². The molecule has 0 radical (unpaired) electrons. The monoisotopic (exact) mass is 480 g/mol. The van der Waals surface area contributed by atoms with Crippen molar-refractivity contribution in [2.75, 3.05) is 5.32 Å². The molecule has 172 valence electrons.